The van der Waals surface area contributed by atoms with Gasteiger partial charge in [0.2, 0.25) is 0 Å². The van der Waals surface area contributed by atoms with Gasteiger partial charge in [-0.1, -0.05) is 6.92 Å². The molecule has 1 unspecified atom stereocenters. The Morgan fingerprint density at radius 1 is 1.50 bits per heavy atom. The number of carboxylic acid groups (broad SMARTS) is 1. The number of nitrogens with one attached hydrogen (secondary N) is 1. The second-order valence-electron chi connectivity index (χ2n) is 3.60. The molecular formula is C10H21NO2S. The van der Waals surface area contributed by atoms with Crippen molar-refractivity contribution in [3.05, 3.63) is 0 Å². The number of likely N-dealkylation sites (N-methyl/N-ethyl adjacent to an activating group) is 1. The average Bonchev–Trinajstić information content (AvgIpc) is 2.17. The largest absolute Gasteiger partial charge is 0.480 e. The monoisotopic (exact) mass is 219 g/mol. The first-order chi connectivity index (χ1) is 6.56. The molecule has 4 heteroatoms. The molecule has 84 valence electrons. The molecule has 0 aromatic carbocycles. The summed E-state index contributed by atoms with van der Waals surface area (Å²) in [6.45, 7) is 3.89. The summed E-state index contributed by atoms with van der Waals surface area (Å²) in [7, 11) is 1.70. The van der Waals surface area contributed by atoms with Crippen LogP contribution < -0.4 is 5.32 Å². The van der Waals surface area contributed by atoms with Crippen LogP contribution in [0.5, 0.6) is 0 Å². The second-order valence-corrected chi connectivity index (χ2v) is 4.83. The van der Waals surface area contributed by atoms with Gasteiger partial charge >= 0.3 is 5.97 Å². The number of hydrogen-bond acceptors (Lipinski definition) is 3. The lowest BCUT2D eigenvalue weighted by molar-refractivity contribution is -0.144. The van der Waals surface area contributed by atoms with E-state index in [4.69, 9.17) is 5.11 Å². The molecule has 0 aromatic rings. The van der Waals surface area contributed by atoms with Gasteiger partial charge in [-0.25, -0.2) is 0 Å². The van der Waals surface area contributed by atoms with Crippen molar-refractivity contribution in [2.45, 2.75) is 38.6 Å². The molecular weight excluding hydrogens is 198 g/mol. The van der Waals surface area contributed by atoms with Crippen LogP contribution in [0, 0.1) is 0 Å². The summed E-state index contributed by atoms with van der Waals surface area (Å²) in [4.78, 5) is 10.9. The van der Waals surface area contributed by atoms with Crippen molar-refractivity contribution in [3.63, 3.8) is 0 Å². The summed E-state index contributed by atoms with van der Waals surface area (Å²) in [6, 6.07) is 0. The topological polar surface area (TPSA) is 49.3 Å². The Kier molecular flexibility index (Phi) is 7.01. The number of rotatable bonds is 8. The van der Waals surface area contributed by atoms with E-state index in [1.54, 1.807) is 14.0 Å². The molecule has 2 N–H and O–H groups in total. The van der Waals surface area contributed by atoms with Gasteiger partial charge in [0.15, 0.2) is 0 Å². The number of thioether (sulfide) groups is 1. The summed E-state index contributed by atoms with van der Waals surface area (Å²) in [5, 5.41) is 11.8. The maximum Gasteiger partial charge on any atom is 0.323 e. The van der Waals surface area contributed by atoms with Crippen LogP contribution in [-0.4, -0.2) is 35.2 Å². The highest BCUT2D eigenvalue weighted by atomic mass is 32.2. The molecule has 0 amide bonds. The second kappa shape index (κ2) is 7.12. The molecule has 3 nitrogen and oxygen atoms in total. The maximum atomic E-state index is 10.9. The van der Waals surface area contributed by atoms with Crippen molar-refractivity contribution in [1.29, 1.82) is 0 Å². The molecule has 0 saturated heterocycles. The fourth-order valence-corrected chi connectivity index (χ4v) is 1.95. The molecule has 0 heterocycles. The van der Waals surface area contributed by atoms with Crippen LogP contribution >= 0.6 is 11.8 Å². The van der Waals surface area contributed by atoms with E-state index in [9.17, 15) is 4.79 Å². The Morgan fingerprint density at radius 2 is 2.14 bits per heavy atom. The third-order valence-electron chi connectivity index (χ3n) is 2.34. The van der Waals surface area contributed by atoms with E-state index in [1.807, 2.05) is 11.8 Å². The highest BCUT2D eigenvalue weighted by Gasteiger charge is 2.29. The van der Waals surface area contributed by atoms with E-state index in [-0.39, 0.29) is 0 Å². The van der Waals surface area contributed by atoms with Crippen LogP contribution in [0.3, 0.4) is 0 Å². The van der Waals surface area contributed by atoms with E-state index in [2.05, 4.69) is 12.2 Å². The van der Waals surface area contributed by atoms with Crippen molar-refractivity contribution in [2.24, 2.45) is 0 Å². The standard InChI is InChI=1S/C10H21NO2S/c1-4-7-14-8-5-6-10(2,11-3)9(12)13/h11H,4-8H2,1-3H3,(H,12,13). The predicted octanol–water partition coefficient (Wildman–Crippen LogP) is 1.97. The molecule has 0 spiro atoms. The van der Waals surface area contributed by atoms with Gasteiger partial charge < -0.3 is 10.4 Å². The minimum Gasteiger partial charge on any atom is -0.480 e. The molecule has 1 atom stereocenters. The molecule has 0 bridgehead atoms. The van der Waals surface area contributed by atoms with Crippen molar-refractivity contribution in [3.8, 4) is 0 Å². The van der Waals surface area contributed by atoms with E-state index in [0.717, 1.165) is 12.2 Å². The van der Waals surface area contributed by atoms with E-state index >= 15 is 0 Å². The summed E-state index contributed by atoms with van der Waals surface area (Å²) < 4.78 is 0. The lowest BCUT2D eigenvalue weighted by Crippen LogP contribution is -2.47. The van der Waals surface area contributed by atoms with Crippen LogP contribution in [0.1, 0.15) is 33.1 Å². The van der Waals surface area contributed by atoms with E-state index in [1.165, 1.54) is 12.2 Å². The fraction of sp³-hybridized carbons (Fsp3) is 0.900. The van der Waals surface area contributed by atoms with Gasteiger partial charge in [0, 0.05) is 0 Å². The Labute approximate surface area is 90.7 Å². The molecule has 0 aliphatic carbocycles. The van der Waals surface area contributed by atoms with Crippen LogP contribution in [0.15, 0.2) is 0 Å². The van der Waals surface area contributed by atoms with Gasteiger partial charge in [-0.15, -0.1) is 0 Å². The van der Waals surface area contributed by atoms with Crippen LogP contribution in [0.4, 0.5) is 0 Å². The van der Waals surface area contributed by atoms with Gasteiger partial charge in [-0.05, 0) is 44.7 Å². The average molecular weight is 219 g/mol. The van der Waals surface area contributed by atoms with Gasteiger partial charge in [-0.2, -0.15) is 11.8 Å². The molecule has 0 saturated carbocycles. The highest BCUT2D eigenvalue weighted by Crippen LogP contribution is 2.15. The van der Waals surface area contributed by atoms with Crippen molar-refractivity contribution < 1.29 is 9.90 Å². The minimum atomic E-state index is -0.763. The summed E-state index contributed by atoms with van der Waals surface area (Å²) >= 11 is 1.90. The van der Waals surface area contributed by atoms with Crippen LogP contribution in [-0.2, 0) is 4.79 Å². The van der Waals surface area contributed by atoms with Crippen LogP contribution in [0.25, 0.3) is 0 Å². The Hall–Kier alpha value is -0.220. The van der Waals surface area contributed by atoms with Gasteiger partial charge in [0.25, 0.3) is 0 Å². The van der Waals surface area contributed by atoms with Crippen molar-refractivity contribution in [1.82, 2.24) is 5.32 Å². The number of carboxylic acids is 1. The summed E-state index contributed by atoms with van der Waals surface area (Å²) in [6.07, 6.45) is 2.83. The molecule has 0 radical (unpaired) electrons. The first kappa shape index (κ1) is 13.8. The lowest BCUT2D eigenvalue weighted by Gasteiger charge is -2.23. The first-order valence-electron chi connectivity index (χ1n) is 5.07. The summed E-state index contributed by atoms with van der Waals surface area (Å²) in [5.41, 5.74) is -0.757. The first-order valence-corrected chi connectivity index (χ1v) is 6.22. The molecule has 0 rings (SSSR count). The van der Waals surface area contributed by atoms with Crippen molar-refractivity contribution >= 4 is 17.7 Å². The zero-order chi connectivity index (χ0) is 11.0. The van der Waals surface area contributed by atoms with Gasteiger partial charge in [-0.3, -0.25) is 4.79 Å². The number of aliphatic carboxylic acids is 1. The normalized spacial score (nSPS) is 15.1. The third-order valence-corrected chi connectivity index (χ3v) is 3.61. The SMILES string of the molecule is CCCSCCCC(C)(NC)C(=O)O. The molecule has 14 heavy (non-hydrogen) atoms. The van der Waals surface area contributed by atoms with Crippen LogP contribution in [0.2, 0.25) is 0 Å². The quantitative estimate of drug-likeness (QED) is 0.613. The third kappa shape index (κ3) is 4.86. The highest BCUT2D eigenvalue weighted by molar-refractivity contribution is 7.99. The zero-order valence-corrected chi connectivity index (χ0v) is 10.1. The molecule has 0 aliphatic heterocycles. The van der Waals surface area contributed by atoms with Gasteiger partial charge in [0.05, 0.1) is 0 Å². The Bertz CT molecular complexity index is 176. The lowest BCUT2D eigenvalue weighted by atomic mass is 9.97. The van der Waals surface area contributed by atoms with E-state index < -0.39 is 11.5 Å². The van der Waals surface area contributed by atoms with Crippen molar-refractivity contribution in [2.75, 3.05) is 18.6 Å². The zero-order valence-electron chi connectivity index (χ0n) is 9.30. The van der Waals surface area contributed by atoms with E-state index in [0.29, 0.717) is 6.42 Å². The minimum absolute atomic E-state index is 0.690. The number of carbonyl (C=O) groups is 1. The molecule has 0 aliphatic rings. The molecule has 0 aromatic heterocycles. The summed E-state index contributed by atoms with van der Waals surface area (Å²) in [5.74, 6) is 1.46. The fourth-order valence-electron chi connectivity index (χ4n) is 1.11. The molecule has 0 fully saturated rings. The van der Waals surface area contributed by atoms with Gasteiger partial charge in [0.1, 0.15) is 5.54 Å². The Balaban J connectivity index is 3.68. The smallest absolute Gasteiger partial charge is 0.323 e. The predicted molar refractivity (Wildman–Crippen MR) is 62.0 cm³/mol. The number of hydrogen-bond donors (Lipinski definition) is 2. The Morgan fingerprint density at radius 3 is 2.57 bits per heavy atom. The maximum absolute atomic E-state index is 10.9.